The van der Waals surface area contributed by atoms with Crippen LogP contribution in [0.15, 0.2) is 54.6 Å². The molecule has 0 fully saturated rings. The molecule has 0 unspecified atom stereocenters. The molecule has 0 spiro atoms. The molecule has 0 amide bonds. The van der Waals surface area contributed by atoms with Gasteiger partial charge in [0.25, 0.3) is 0 Å². The molecule has 2 aromatic carbocycles. The van der Waals surface area contributed by atoms with Crippen molar-refractivity contribution in [3.05, 3.63) is 54.6 Å². The predicted molar refractivity (Wildman–Crippen MR) is 113 cm³/mol. The third kappa shape index (κ3) is 5.18. The van der Waals surface area contributed by atoms with Crippen molar-refractivity contribution in [2.45, 2.75) is 12.8 Å². The summed E-state index contributed by atoms with van der Waals surface area (Å²) in [6.45, 7) is 3.62. The number of nitrogens with two attached hydrogens (primary N) is 1. The molecule has 3 rings (SSSR count). The first kappa shape index (κ1) is 19.1. The second-order valence-corrected chi connectivity index (χ2v) is 6.47. The Balaban J connectivity index is 1.74. The van der Waals surface area contributed by atoms with E-state index in [9.17, 15) is 0 Å². The van der Waals surface area contributed by atoms with E-state index in [1.807, 2.05) is 30.3 Å². The molecule has 5 heteroatoms. The van der Waals surface area contributed by atoms with Crippen LogP contribution in [0, 0.1) is 0 Å². The van der Waals surface area contributed by atoms with E-state index in [1.54, 1.807) is 7.11 Å². The van der Waals surface area contributed by atoms with Gasteiger partial charge in [0, 0.05) is 23.2 Å². The second kappa shape index (κ2) is 9.90. The van der Waals surface area contributed by atoms with Crippen molar-refractivity contribution in [1.82, 2.24) is 10.3 Å². The lowest BCUT2D eigenvalue weighted by Crippen LogP contribution is -2.21. The molecule has 1 aromatic heterocycles. The number of hydrogen-bond donors (Lipinski definition) is 3. The van der Waals surface area contributed by atoms with Crippen molar-refractivity contribution in [3.63, 3.8) is 0 Å². The van der Waals surface area contributed by atoms with Crippen LogP contribution in [-0.2, 0) is 0 Å². The van der Waals surface area contributed by atoms with Gasteiger partial charge in [-0.15, -0.1) is 0 Å². The van der Waals surface area contributed by atoms with Gasteiger partial charge in [0.05, 0.1) is 18.3 Å². The summed E-state index contributed by atoms with van der Waals surface area (Å²) in [6, 6.07) is 18.4. The molecule has 0 aliphatic carbocycles. The van der Waals surface area contributed by atoms with Crippen molar-refractivity contribution < 1.29 is 4.74 Å². The summed E-state index contributed by atoms with van der Waals surface area (Å²) in [5.74, 6) is 0.847. The largest absolute Gasteiger partial charge is 0.497 e. The van der Waals surface area contributed by atoms with Crippen LogP contribution in [0.1, 0.15) is 12.8 Å². The zero-order chi connectivity index (χ0) is 18.9. The van der Waals surface area contributed by atoms with E-state index in [1.165, 1.54) is 0 Å². The predicted octanol–water partition coefficient (Wildman–Crippen LogP) is 3.65. The fraction of sp³-hybridized carbons (Fsp3) is 0.318. The fourth-order valence-electron chi connectivity index (χ4n) is 3.02. The lowest BCUT2D eigenvalue weighted by Gasteiger charge is -2.13. The number of para-hydroxylation sites is 1. The number of hydrogen-bond acceptors (Lipinski definition) is 5. The summed E-state index contributed by atoms with van der Waals surface area (Å²) < 4.78 is 5.25. The summed E-state index contributed by atoms with van der Waals surface area (Å²) >= 11 is 0. The van der Waals surface area contributed by atoms with Gasteiger partial charge in [0.2, 0.25) is 0 Å². The minimum absolute atomic E-state index is 0.738. The average Bonchev–Trinajstić information content (AvgIpc) is 2.73. The van der Waals surface area contributed by atoms with Crippen LogP contribution in [0.5, 0.6) is 5.75 Å². The Morgan fingerprint density at radius 3 is 2.52 bits per heavy atom. The van der Waals surface area contributed by atoms with E-state index < -0.39 is 0 Å². The second-order valence-electron chi connectivity index (χ2n) is 6.47. The Morgan fingerprint density at radius 1 is 0.963 bits per heavy atom. The zero-order valence-corrected chi connectivity index (χ0v) is 15.9. The van der Waals surface area contributed by atoms with Crippen molar-refractivity contribution in [1.29, 1.82) is 0 Å². The number of aromatic nitrogens is 1. The molecule has 0 atom stereocenters. The first-order chi connectivity index (χ1) is 13.3. The maximum Gasteiger partial charge on any atom is 0.118 e. The van der Waals surface area contributed by atoms with E-state index in [2.05, 4.69) is 34.9 Å². The molecule has 0 saturated heterocycles. The van der Waals surface area contributed by atoms with Gasteiger partial charge in [-0.1, -0.05) is 18.2 Å². The fourth-order valence-corrected chi connectivity index (χ4v) is 3.02. The molecule has 0 aliphatic rings. The lowest BCUT2D eigenvalue weighted by atomic mass is 10.1. The molecule has 27 heavy (non-hydrogen) atoms. The van der Waals surface area contributed by atoms with Crippen molar-refractivity contribution >= 4 is 16.6 Å². The topological polar surface area (TPSA) is 72.2 Å². The maximum absolute atomic E-state index is 5.51. The SMILES string of the molecule is COc1ccc(-c2cc(NCCCNCCCN)c3ccccc3n2)cc1. The number of rotatable bonds is 10. The van der Waals surface area contributed by atoms with Gasteiger partial charge in [0.1, 0.15) is 5.75 Å². The van der Waals surface area contributed by atoms with E-state index in [0.717, 1.165) is 72.6 Å². The van der Waals surface area contributed by atoms with E-state index >= 15 is 0 Å². The van der Waals surface area contributed by atoms with E-state index in [-0.39, 0.29) is 0 Å². The Hall–Kier alpha value is -2.63. The summed E-state index contributed by atoms with van der Waals surface area (Å²) in [6.07, 6.45) is 2.08. The minimum atomic E-state index is 0.738. The lowest BCUT2D eigenvalue weighted by molar-refractivity contribution is 0.415. The summed E-state index contributed by atoms with van der Waals surface area (Å²) in [4.78, 5) is 4.83. The van der Waals surface area contributed by atoms with Crippen LogP contribution >= 0.6 is 0 Å². The van der Waals surface area contributed by atoms with Gasteiger partial charge in [-0.25, -0.2) is 4.98 Å². The molecule has 3 aromatic rings. The van der Waals surface area contributed by atoms with Crippen LogP contribution in [-0.4, -0.2) is 38.3 Å². The highest BCUT2D eigenvalue weighted by molar-refractivity contribution is 5.93. The number of methoxy groups -OCH3 is 1. The van der Waals surface area contributed by atoms with Gasteiger partial charge < -0.3 is 21.1 Å². The quantitative estimate of drug-likeness (QED) is 0.479. The van der Waals surface area contributed by atoms with Gasteiger partial charge >= 0.3 is 0 Å². The molecule has 0 saturated carbocycles. The normalized spacial score (nSPS) is 10.9. The van der Waals surface area contributed by atoms with E-state index in [0.29, 0.717) is 0 Å². The number of pyridine rings is 1. The zero-order valence-electron chi connectivity index (χ0n) is 15.9. The Morgan fingerprint density at radius 2 is 1.74 bits per heavy atom. The molecule has 4 N–H and O–H groups in total. The summed E-state index contributed by atoms with van der Waals surface area (Å²) in [5.41, 5.74) is 9.66. The van der Waals surface area contributed by atoms with Crippen LogP contribution in [0.2, 0.25) is 0 Å². The van der Waals surface area contributed by atoms with Gasteiger partial charge in [-0.3, -0.25) is 0 Å². The van der Waals surface area contributed by atoms with Gasteiger partial charge in [0.15, 0.2) is 0 Å². The summed E-state index contributed by atoms with van der Waals surface area (Å²) in [7, 11) is 1.68. The van der Waals surface area contributed by atoms with Crippen molar-refractivity contribution in [3.8, 4) is 17.0 Å². The van der Waals surface area contributed by atoms with Crippen molar-refractivity contribution in [2.75, 3.05) is 38.6 Å². The van der Waals surface area contributed by atoms with Crippen LogP contribution in [0.3, 0.4) is 0 Å². The first-order valence-electron chi connectivity index (χ1n) is 9.50. The molecular formula is C22H28N4O. The van der Waals surface area contributed by atoms with Crippen LogP contribution < -0.4 is 21.1 Å². The highest BCUT2D eigenvalue weighted by atomic mass is 16.5. The summed E-state index contributed by atoms with van der Waals surface area (Å²) in [5, 5.41) is 8.14. The monoisotopic (exact) mass is 364 g/mol. The maximum atomic E-state index is 5.51. The average molecular weight is 364 g/mol. The van der Waals surface area contributed by atoms with Crippen LogP contribution in [0.4, 0.5) is 5.69 Å². The Kier molecular flexibility index (Phi) is 7.02. The van der Waals surface area contributed by atoms with Gasteiger partial charge in [-0.05, 0) is 68.9 Å². The molecular weight excluding hydrogens is 336 g/mol. The molecule has 1 heterocycles. The molecule has 0 aliphatic heterocycles. The first-order valence-corrected chi connectivity index (χ1v) is 9.50. The Bertz CT molecular complexity index is 849. The number of nitrogens with one attached hydrogen (secondary N) is 2. The van der Waals surface area contributed by atoms with Crippen LogP contribution in [0.25, 0.3) is 22.2 Å². The Labute approximate surface area is 160 Å². The number of nitrogens with zero attached hydrogens (tertiary/aromatic N) is 1. The number of ether oxygens (including phenoxy) is 1. The molecule has 142 valence electrons. The minimum Gasteiger partial charge on any atom is -0.497 e. The highest BCUT2D eigenvalue weighted by Gasteiger charge is 2.07. The number of fused-ring (bicyclic) bond motifs is 1. The molecule has 0 radical (unpaired) electrons. The van der Waals surface area contributed by atoms with E-state index in [4.69, 9.17) is 15.5 Å². The molecule has 5 nitrogen and oxygen atoms in total. The third-order valence-corrected chi connectivity index (χ3v) is 4.51. The number of anilines is 1. The van der Waals surface area contributed by atoms with Gasteiger partial charge in [-0.2, -0.15) is 0 Å². The smallest absolute Gasteiger partial charge is 0.118 e. The highest BCUT2D eigenvalue weighted by Crippen LogP contribution is 2.29. The molecule has 0 bridgehead atoms. The van der Waals surface area contributed by atoms with Crippen molar-refractivity contribution in [2.24, 2.45) is 5.73 Å². The standard InChI is InChI=1S/C22H28N4O/c1-27-18-10-8-17(9-11-18)21-16-22(19-6-2-3-7-20(19)26-21)25-15-5-14-24-13-4-12-23/h2-3,6-11,16,24H,4-5,12-15,23H2,1H3,(H,25,26). The third-order valence-electron chi connectivity index (χ3n) is 4.51. The number of benzene rings is 2.